The maximum Gasteiger partial charge on any atom is 0.179 e. The number of aliphatic hydroxyl groups is 1. The molecule has 3 atom stereocenters. The second-order valence-corrected chi connectivity index (χ2v) is 9.94. The smallest absolute Gasteiger partial charge is 0.179 e. The predicted molar refractivity (Wildman–Crippen MR) is 140 cm³/mol. The Morgan fingerprint density at radius 1 is 0.703 bits per heavy atom. The van der Waals surface area contributed by atoms with Gasteiger partial charge in [-0.3, -0.25) is 9.59 Å². The highest BCUT2D eigenvalue weighted by molar-refractivity contribution is 8.00. The van der Waals surface area contributed by atoms with E-state index in [9.17, 15) is 23.5 Å². The van der Waals surface area contributed by atoms with Crippen molar-refractivity contribution in [1.29, 1.82) is 0 Å². The molecule has 0 saturated carbocycles. The minimum Gasteiger partial charge on any atom is -0.372 e. The van der Waals surface area contributed by atoms with E-state index in [1.54, 1.807) is 29.2 Å². The van der Waals surface area contributed by atoms with Gasteiger partial charge in [-0.1, -0.05) is 72.8 Å². The van der Waals surface area contributed by atoms with E-state index in [0.717, 1.165) is 17.7 Å². The Hall–Kier alpha value is -3.81. The fraction of sp³-hybridized carbons (Fsp3) is 0.133. The summed E-state index contributed by atoms with van der Waals surface area (Å²) in [7, 11) is 0. The largest absolute Gasteiger partial charge is 0.372 e. The first-order valence-electron chi connectivity index (χ1n) is 11.8. The molecule has 1 saturated heterocycles. The van der Waals surface area contributed by atoms with Crippen LogP contribution in [-0.2, 0) is 0 Å². The number of rotatable bonds is 7. The SMILES string of the molecule is O=C(c1ccccc1F)C(C(=O)c1ccccc1F)C1SC(c2ccccc2)C(O)N1c1ccccc1. The number of nitrogens with zero attached hydrogens (tertiary/aromatic N) is 1. The topological polar surface area (TPSA) is 57.6 Å². The van der Waals surface area contributed by atoms with Crippen molar-refractivity contribution in [2.45, 2.75) is 16.9 Å². The zero-order chi connectivity index (χ0) is 25.9. The molecular formula is C30H23F2NO3S. The van der Waals surface area contributed by atoms with Gasteiger partial charge in [-0.05, 0) is 42.0 Å². The summed E-state index contributed by atoms with van der Waals surface area (Å²) < 4.78 is 29.6. The lowest BCUT2D eigenvalue weighted by Crippen LogP contribution is -2.46. The van der Waals surface area contributed by atoms with Crippen molar-refractivity contribution < 1.29 is 23.5 Å². The number of carbonyl (C=O) groups is 2. The molecule has 37 heavy (non-hydrogen) atoms. The highest BCUT2D eigenvalue weighted by Gasteiger charge is 2.50. The van der Waals surface area contributed by atoms with Crippen LogP contribution in [0, 0.1) is 17.6 Å². The van der Waals surface area contributed by atoms with Crippen LogP contribution in [0.25, 0.3) is 0 Å². The van der Waals surface area contributed by atoms with Crippen LogP contribution >= 0.6 is 11.8 Å². The Labute approximate surface area is 217 Å². The molecule has 186 valence electrons. The molecule has 7 heteroatoms. The van der Waals surface area contributed by atoms with Crippen LogP contribution in [0.1, 0.15) is 31.5 Å². The molecule has 1 fully saturated rings. The first-order valence-corrected chi connectivity index (χ1v) is 12.7. The van der Waals surface area contributed by atoms with Gasteiger partial charge in [-0.25, -0.2) is 8.78 Å². The van der Waals surface area contributed by atoms with E-state index >= 15 is 0 Å². The molecule has 4 aromatic carbocycles. The van der Waals surface area contributed by atoms with Gasteiger partial charge in [-0.2, -0.15) is 0 Å². The molecule has 1 aliphatic rings. The van der Waals surface area contributed by atoms with E-state index in [1.165, 1.54) is 48.2 Å². The predicted octanol–water partition coefficient (Wildman–Crippen LogP) is 6.29. The zero-order valence-electron chi connectivity index (χ0n) is 19.6. The maximum absolute atomic E-state index is 14.8. The number of aliphatic hydroxyl groups excluding tert-OH is 1. The zero-order valence-corrected chi connectivity index (χ0v) is 20.4. The first-order chi connectivity index (χ1) is 18.0. The van der Waals surface area contributed by atoms with Gasteiger partial charge < -0.3 is 10.0 Å². The molecule has 0 bridgehead atoms. The van der Waals surface area contributed by atoms with Crippen molar-refractivity contribution >= 4 is 29.0 Å². The summed E-state index contributed by atoms with van der Waals surface area (Å²) in [6, 6.07) is 29.0. The summed E-state index contributed by atoms with van der Waals surface area (Å²) in [5.41, 5.74) is 0.865. The van der Waals surface area contributed by atoms with Crippen molar-refractivity contribution in [1.82, 2.24) is 0 Å². The summed E-state index contributed by atoms with van der Waals surface area (Å²) >= 11 is 1.23. The lowest BCUT2D eigenvalue weighted by Gasteiger charge is -2.33. The molecule has 3 unspecified atom stereocenters. The lowest BCUT2D eigenvalue weighted by molar-refractivity contribution is 0.0789. The molecule has 5 rings (SSSR count). The highest BCUT2D eigenvalue weighted by Crippen LogP contribution is 2.50. The molecule has 1 aliphatic heterocycles. The first kappa shape index (κ1) is 24.9. The van der Waals surface area contributed by atoms with Gasteiger partial charge in [-0.15, -0.1) is 11.8 Å². The van der Waals surface area contributed by atoms with E-state index in [-0.39, 0.29) is 11.1 Å². The van der Waals surface area contributed by atoms with Crippen molar-refractivity contribution in [2.75, 3.05) is 4.90 Å². The highest BCUT2D eigenvalue weighted by atomic mass is 32.2. The number of Topliss-reactive ketones (excluding diaryl/α,β-unsaturated/α-hetero) is 2. The fourth-order valence-electron chi connectivity index (χ4n) is 4.65. The summed E-state index contributed by atoms with van der Waals surface area (Å²) in [5, 5.41) is 10.1. The quantitative estimate of drug-likeness (QED) is 0.232. The van der Waals surface area contributed by atoms with E-state index in [0.29, 0.717) is 5.69 Å². The Bertz CT molecular complexity index is 1360. The van der Waals surface area contributed by atoms with Gasteiger partial charge in [0.25, 0.3) is 0 Å². The van der Waals surface area contributed by atoms with E-state index in [4.69, 9.17) is 0 Å². The third-order valence-corrected chi connectivity index (χ3v) is 8.01. The Morgan fingerprint density at radius 2 is 1.16 bits per heavy atom. The van der Waals surface area contributed by atoms with Crippen molar-refractivity contribution in [2.24, 2.45) is 5.92 Å². The van der Waals surface area contributed by atoms with E-state index in [2.05, 4.69) is 0 Å². The van der Waals surface area contributed by atoms with Gasteiger partial charge in [0.2, 0.25) is 0 Å². The second-order valence-electron chi connectivity index (χ2n) is 8.68. The maximum atomic E-state index is 14.8. The van der Waals surface area contributed by atoms with Crippen LogP contribution in [0.3, 0.4) is 0 Å². The van der Waals surface area contributed by atoms with Crippen molar-refractivity contribution in [3.8, 4) is 0 Å². The van der Waals surface area contributed by atoms with Crippen molar-refractivity contribution in [3.05, 3.63) is 138 Å². The molecule has 0 aromatic heterocycles. The van der Waals surface area contributed by atoms with Gasteiger partial charge in [0, 0.05) is 5.69 Å². The summed E-state index contributed by atoms with van der Waals surface area (Å²) in [5.74, 6) is -4.58. The molecular weight excluding hydrogens is 492 g/mol. The van der Waals surface area contributed by atoms with Crippen LogP contribution in [0.5, 0.6) is 0 Å². The van der Waals surface area contributed by atoms with Gasteiger partial charge in [0.1, 0.15) is 23.8 Å². The van der Waals surface area contributed by atoms with E-state index < -0.39 is 46.0 Å². The minimum absolute atomic E-state index is 0.261. The molecule has 4 aromatic rings. The van der Waals surface area contributed by atoms with Crippen LogP contribution in [-0.4, -0.2) is 28.3 Å². The number of hydrogen-bond acceptors (Lipinski definition) is 5. The molecule has 1 N–H and O–H groups in total. The number of carbonyl (C=O) groups excluding carboxylic acids is 2. The van der Waals surface area contributed by atoms with Crippen LogP contribution in [0.2, 0.25) is 0 Å². The van der Waals surface area contributed by atoms with Gasteiger partial charge >= 0.3 is 0 Å². The van der Waals surface area contributed by atoms with Crippen LogP contribution in [0.15, 0.2) is 109 Å². The van der Waals surface area contributed by atoms with Gasteiger partial charge in [0.15, 0.2) is 11.6 Å². The number of anilines is 1. The number of thioether (sulfide) groups is 1. The number of halogens is 2. The molecule has 1 heterocycles. The molecule has 4 nitrogen and oxygen atoms in total. The van der Waals surface area contributed by atoms with Crippen molar-refractivity contribution in [3.63, 3.8) is 0 Å². The standard InChI is InChI=1S/C30H23F2NO3S/c31-23-17-9-7-15-21(23)26(34)25(27(35)22-16-8-10-18-24(22)32)30-33(20-13-5-2-6-14-20)29(36)28(37-30)19-11-3-1-4-12-19/h1-18,25,28-30,36H. The average molecular weight is 516 g/mol. The van der Waals surface area contributed by atoms with Crippen LogP contribution < -0.4 is 4.90 Å². The fourth-order valence-corrected chi connectivity index (χ4v) is 6.32. The number of benzene rings is 4. The summed E-state index contributed by atoms with van der Waals surface area (Å²) in [6.45, 7) is 0. The number of ketones is 2. The van der Waals surface area contributed by atoms with E-state index in [1.807, 2.05) is 36.4 Å². The molecule has 0 radical (unpaired) electrons. The normalized spacial score (nSPS) is 19.2. The summed E-state index contributed by atoms with van der Waals surface area (Å²) in [6.07, 6.45) is -1.11. The third kappa shape index (κ3) is 4.80. The summed E-state index contributed by atoms with van der Waals surface area (Å²) in [4.78, 5) is 29.4. The molecule has 0 amide bonds. The Morgan fingerprint density at radius 3 is 1.68 bits per heavy atom. The van der Waals surface area contributed by atoms with Gasteiger partial charge in [0.05, 0.1) is 21.8 Å². The Kier molecular flexibility index (Phi) is 7.17. The molecule has 0 spiro atoms. The number of para-hydroxylation sites is 1. The molecule has 0 aliphatic carbocycles. The monoisotopic (exact) mass is 515 g/mol. The van der Waals surface area contributed by atoms with Crippen LogP contribution in [0.4, 0.5) is 14.5 Å². The minimum atomic E-state index is -1.50. The lowest BCUT2D eigenvalue weighted by atomic mass is 9.88. The Balaban J connectivity index is 1.67. The third-order valence-electron chi connectivity index (χ3n) is 6.43. The average Bonchev–Trinajstić information content (AvgIpc) is 3.26. The number of hydrogen-bond donors (Lipinski definition) is 1. The second kappa shape index (κ2) is 10.7.